The fourth-order valence-corrected chi connectivity index (χ4v) is 1.01. The van der Waals surface area contributed by atoms with Crippen LogP contribution in [0.2, 0.25) is 0 Å². The molecule has 1 rings (SSSR count). The van der Waals surface area contributed by atoms with Crippen LogP contribution >= 0.6 is 0 Å². The van der Waals surface area contributed by atoms with Crippen LogP contribution < -0.4 is 0 Å². The van der Waals surface area contributed by atoms with E-state index >= 15 is 0 Å². The zero-order valence-electron chi connectivity index (χ0n) is 7.53. The number of unbranched alkanes of at least 4 members (excludes halogenated alkanes) is 2. The van der Waals surface area contributed by atoms with Gasteiger partial charge in [0.25, 0.3) is 0 Å². The van der Waals surface area contributed by atoms with Crippen molar-refractivity contribution in [3.05, 3.63) is 48.4 Å². The second-order valence-corrected chi connectivity index (χ2v) is 2.79. The highest BCUT2D eigenvalue weighted by atomic mass is 13.9. The molecular formula is C12H15. The Labute approximate surface area is 74.9 Å². The zero-order valence-corrected chi connectivity index (χ0v) is 7.53. The third-order valence-corrected chi connectivity index (χ3v) is 1.68. The molecule has 1 aromatic rings. The van der Waals surface area contributed by atoms with Crippen molar-refractivity contribution in [3.63, 3.8) is 0 Å². The van der Waals surface area contributed by atoms with Crippen molar-refractivity contribution >= 4 is 6.08 Å². The second kappa shape index (κ2) is 5.59. The topological polar surface area (TPSA) is 0 Å². The largest absolute Gasteiger partial charge is 0.0802 e. The van der Waals surface area contributed by atoms with Crippen molar-refractivity contribution in [2.45, 2.75) is 19.8 Å². The molecule has 0 aliphatic rings. The van der Waals surface area contributed by atoms with Crippen LogP contribution in [0.15, 0.2) is 36.4 Å². The Kier molecular flexibility index (Phi) is 4.22. The van der Waals surface area contributed by atoms with Crippen molar-refractivity contribution in [1.29, 1.82) is 0 Å². The van der Waals surface area contributed by atoms with Gasteiger partial charge in [0.05, 0.1) is 0 Å². The first kappa shape index (κ1) is 9.05. The standard InChI is InChI=1S/C12H15/c1-2-3-4-6-9-12-10-7-5-8-11-12/h4-11H,2-3H2,1H3/b9-6+. The first-order valence-electron chi connectivity index (χ1n) is 4.48. The fourth-order valence-electron chi connectivity index (χ4n) is 1.01. The summed E-state index contributed by atoms with van der Waals surface area (Å²) in [6.45, 7) is 2.19. The minimum absolute atomic E-state index is 1.17. The van der Waals surface area contributed by atoms with Crippen LogP contribution in [0.5, 0.6) is 0 Å². The molecule has 0 spiro atoms. The summed E-state index contributed by atoms with van der Waals surface area (Å²) >= 11 is 0. The van der Waals surface area contributed by atoms with Gasteiger partial charge in [0.2, 0.25) is 0 Å². The molecule has 1 radical (unpaired) electrons. The van der Waals surface area contributed by atoms with Gasteiger partial charge in [-0.05, 0) is 18.4 Å². The molecule has 0 unspecified atom stereocenters. The number of rotatable bonds is 4. The lowest BCUT2D eigenvalue weighted by molar-refractivity contribution is 0.924. The Morgan fingerprint density at radius 1 is 1.17 bits per heavy atom. The summed E-state index contributed by atoms with van der Waals surface area (Å²) in [6, 6.07) is 10.4. The van der Waals surface area contributed by atoms with Crippen molar-refractivity contribution in [1.82, 2.24) is 0 Å². The quantitative estimate of drug-likeness (QED) is 0.587. The van der Waals surface area contributed by atoms with Gasteiger partial charge in [0, 0.05) is 0 Å². The number of allylic oxidation sites excluding steroid dienone is 1. The summed E-state index contributed by atoms with van der Waals surface area (Å²) in [6.07, 6.45) is 8.85. The summed E-state index contributed by atoms with van der Waals surface area (Å²) in [4.78, 5) is 0. The van der Waals surface area contributed by atoms with Gasteiger partial charge in [-0.25, -0.2) is 0 Å². The van der Waals surface area contributed by atoms with E-state index in [-0.39, 0.29) is 0 Å². The van der Waals surface area contributed by atoms with Crippen molar-refractivity contribution in [2.24, 2.45) is 0 Å². The maximum atomic E-state index is 2.20. The third-order valence-electron chi connectivity index (χ3n) is 1.68. The molecule has 0 heteroatoms. The SMILES string of the molecule is CCC[CH]/C=C/c1ccccc1. The minimum atomic E-state index is 1.17. The summed E-state index contributed by atoms with van der Waals surface area (Å²) < 4.78 is 0. The molecule has 1 aromatic carbocycles. The van der Waals surface area contributed by atoms with Gasteiger partial charge >= 0.3 is 0 Å². The Morgan fingerprint density at radius 3 is 2.58 bits per heavy atom. The monoisotopic (exact) mass is 159 g/mol. The van der Waals surface area contributed by atoms with Crippen LogP contribution in [-0.4, -0.2) is 0 Å². The van der Waals surface area contributed by atoms with Gasteiger partial charge in [-0.15, -0.1) is 0 Å². The average molecular weight is 159 g/mol. The molecule has 0 fully saturated rings. The Bertz CT molecular complexity index is 221. The highest BCUT2D eigenvalue weighted by molar-refractivity contribution is 5.49. The molecule has 0 saturated carbocycles. The van der Waals surface area contributed by atoms with E-state index in [1.54, 1.807) is 0 Å². The van der Waals surface area contributed by atoms with E-state index in [0.29, 0.717) is 0 Å². The van der Waals surface area contributed by atoms with Crippen LogP contribution in [0.3, 0.4) is 0 Å². The number of hydrogen-bond donors (Lipinski definition) is 0. The highest BCUT2D eigenvalue weighted by Gasteiger charge is 1.82. The Morgan fingerprint density at radius 2 is 1.92 bits per heavy atom. The fraction of sp³-hybridized carbons (Fsp3) is 0.250. The van der Waals surface area contributed by atoms with Crippen LogP contribution in [-0.2, 0) is 0 Å². The molecule has 0 bridgehead atoms. The number of hydrogen-bond acceptors (Lipinski definition) is 0. The summed E-state index contributed by atoms with van der Waals surface area (Å²) in [5, 5.41) is 0. The molecule has 0 amide bonds. The molecule has 0 N–H and O–H groups in total. The van der Waals surface area contributed by atoms with Gasteiger partial charge in [0.1, 0.15) is 0 Å². The van der Waals surface area contributed by atoms with E-state index in [1.807, 2.05) is 6.07 Å². The molecule has 0 aliphatic carbocycles. The summed E-state index contributed by atoms with van der Waals surface area (Å²) in [5.41, 5.74) is 1.27. The zero-order chi connectivity index (χ0) is 8.65. The van der Waals surface area contributed by atoms with Gasteiger partial charge in [-0.3, -0.25) is 0 Å². The van der Waals surface area contributed by atoms with Crippen LogP contribution in [0, 0.1) is 6.42 Å². The predicted octanol–water partition coefficient (Wildman–Crippen LogP) is 3.70. The normalized spacial score (nSPS) is 10.8. The maximum Gasteiger partial charge on any atom is -0.0167 e. The van der Waals surface area contributed by atoms with Crippen LogP contribution in [0.4, 0.5) is 0 Å². The van der Waals surface area contributed by atoms with E-state index in [1.165, 1.54) is 18.4 Å². The predicted molar refractivity (Wildman–Crippen MR) is 54.7 cm³/mol. The molecule has 0 nitrogen and oxygen atoms in total. The molecule has 63 valence electrons. The second-order valence-electron chi connectivity index (χ2n) is 2.79. The van der Waals surface area contributed by atoms with Gasteiger partial charge in [-0.1, -0.05) is 55.8 Å². The highest BCUT2D eigenvalue weighted by Crippen LogP contribution is 2.02. The van der Waals surface area contributed by atoms with Crippen molar-refractivity contribution < 1.29 is 0 Å². The third kappa shape index (κ3) is 3.38. The molecule has 0 saturated heterocycles. The summed E-state index contributed by atoms with van der Waals surface area (Å²) in [7, 11) is 0. The van der Waals surface area contributed by atoms with Crippen molar-refractivity contribution in [2.75, 3.05) is 0 Å². The first-order chi connectivity index (χ1) is 5.93. The summed E-state index contributed by atoms with van der Waals surface area (Å²) in [5.74, 6) is 0. The average Bonchev–Trinajstić information content (AvgIpc) is 2.14. The van der Waals surface area contributed by atoms with E-state index in [9.17, 15) is 0 Å². The molecular weight excluding hydrogens is 144 g/mol. The molecule has 12 heavy (non-hydrogen) atoms. The Hall–Kier alpha value is -1.04. The Balaban J connectivity index is 2.36. The van der Waals surface area contributed by atoms with E-state index in [0.717, 1.165) is 0 Å². The van der Waals surface area contributed by atoms with Gasteiger partial charge in [0.15, 0.2) is 0 Å². The minimum Gasteiger partial charge on any atom is -0.0802 e. The van der Waals surface area contributed by atoms with Crippen LogP contribution in [0.25, 0.3) is 6.08 Å². The lowest BCUT2D eigenvalue weighted by Crippen LogP contribution is -1.70. The lowest BCUT2D eigenvalue weighted by Gasteiger charge is -1.90. The van der Waals surface area contributed by atoms with E-state index in [4.69, 9.17) is 0 Å². The smallest absolute Gasteiger partial charge is 0.0167 e. The number of benzene rings is 1. The lowest BCUT2D eigenvalue weighted by atomic mass is 10.2. The first-order valence-corrected chi connectivity index (χ1v) is 4.48. The van der Waals surface area contributed by atoms with E-state index < -0.39 is 0 Å². The molecule has 0 aliphatic heterocycles. The van der Waals surface area contributed by atoms with Gasteiger partial charge in [-0.2, -0.15) is 0 Å². The van der Waals surface area contributed by atoms with E-state index in [2.05, 4.69) is 49.8 Å². The molecule has 0 atom stereocenters. The maximum absolute atomic E-state index is 2.20. The van der Waals surface area contributed by atoms with Crippen molar-refractivity contribution in [3.8, 4) is 0 Å². The van der Waals surface area contributed by atoms with Crippen LogP contribution in [0.1, 0.15) is 25.3 Å². The molecule has 0 aromatic heterocycles. The van der Waals surface area contributed by atoms with Gasteiger partial charge < -0.3 is 0 Å². The molecule has 0 heterocycles.